The lowest BCUT2D eigenvalue weighted by molar-refractivity contribution is -0.00383. The van der Waals surface area contributed by atoms with Gasteiger partial charge in [-0.05, 0) is 32.1 Å². The largest absolute Gasteiger partial charge is 0.375 e. The first kappa shape index (κ1) is 15.1. The first-order valence-corrected chi connectivity index (χ1v) is 8.60. The third-order valence-corrected chi connectivity index (χ3v) is 5.12. The molecule has 2 amide bonds. The lowest BCUT2D eigenvalue weighted by Crippen LogP contribution is -2.51. The van der Waals surface area contributed by atoms with Crippen molar-refractivity contribution < 1.29 is 9.53 Å². The summed E-state index contributed by atoms with van der Waals surface area (Å²) in [6, 6.07) is 0.426. The molecule has 2 heterocycles. The van der Waals surface area contributed by atoms with Gasteiger partial charge in [0, 0.05) is 38.8 Å². The van der Waals surface area contributed by atoms with Gasteiger partial charge in [-0.3, -0.25) is 0 Å². The SMILES string of the molecule is CC1CN(C(=O)NC2CCN(CC3CCCC3)C2)CCO1. The number of carbonyl (C=O) groups excluding carboxylic acids is 1. The minimum absolute atomic E-state index is 0.0952. The lowest BCUT2D eigenvalue weighted by atomic mass is 10.1. The van der Waals surface area contributed by atoms with Gasteiger partial charge in [0.25, 0.3) is 0 Å². The second-order valence-corrected chi connectivity index (χ2v) is 6.97. The van der Waals surface area contributed by atoms with Crippen LogP contribution in [0.3, 0.4) is 0 Å². The number of nitrogens with one attached hydrogen (secondary N) is 1. The van der Waals surface area contributed by atoms with Gasteiger partial charge < -0.3 is 19.9 Å². The molecule has 21 heavy (non-hydrogen) atoms. The van der Waals surface area contributed by atoms with E-state index in [0.717, 1.165) is 25.4 Å². The number of rotatable bonds is 3. The minimum Gasteiger partial charge on any atom is -0.375 e. The number of hydrogen-bond acceptors (Lipinski definition) is 3. The predicted molar refractivity (Wildman–Crippen MR) is 82.3 cm³/mol. The number of nitrogens with zero attached hydrogens (tertiary/aromatic N) is 2. The molecule has 0 radical (unpaired) electrons. The molecule has 2 aliphatic heterocycles. The standard InChI is InChI=1S/C16H29N3O2/c1-13-10-19(8-9-21-13)16(20)17-15-6-7-18(12-15)11-14-4-2-3-5-14/h13-15H,2-12H2,1H3,(H,17,20). The van der Waals surface area contributed by atoms with Gasteiger partial charge in [0.2, 0.25) is 0 Å². The molecule has 3 fully saturated rings. The van der Waals surface area contributed by atoms with Crippen molar-refractivity contribution in [1.82, 2.24) is 15.1 Å². The van der Waals surface area contributed by atoms with Crippen LogP contribution in [-0.4, -0.2) is 67.3 Å². The van der Waals surface area contributed by atoms with Crippen LogP contribution in [0, 0.1) is 5.92 Å². The molecule has 0 aromatic rings. The zero-order valence-electron chi connectivity index (χ0n) is 13.2. The van der Waals surface area contributed by atoms with Crippen molar-refractivity contribution in [2.24, 2.45) is 5.92 Å². The van der Waals surface area contributed by atoms with Gasteiger partial charge in [-0.2, -0.15) is 0 Å². The summed E-state index contributed by atoms with van der Waals surface area (Å²) in [4.78, 5) is 16.7. The zero-order valence-corrected chi connectivity index (χ0v) is 13.2. The average Bonchev–Trinajstić information content (AvgIpc) is 3.11. The first-order valence-electron chi connectivity index (χ1n) is 8.60. The number of likely N-dealkylation sites (tertiary alicyclic amines) is 1. The van der Waals surface area contributed by atoms with Crippen molar-refractivity contribution in [3.05, 3.63) is 0 Å². The number of amides is 2. The Morgan fingerprint density at radius 1 is 1.19 bits per heavy atom. The summed E-state index contributed by atoms with van der Waals surface area (Å²) in [6.07, 6.45) is 6.88. The molecule has 0 spiro atoms. The summed E-state index contributed by atoms with van der Waals surface area (Å²) in [7, 11) is 0. The quantitative estimate of drug-likeness (QED) is 0.861. The molecule has 3 rings (SSSR count). The van der Waals surface area contributed by atoms with Crippen LogP contribution in [0.2, 0.25) is 0 Å². The number of ether oxygens (including phenoxy) is 1. The fraction of sp³-hybridized carbons (Fsp3) is 0.938. The van der Waals surface area contributed by atoms with E-state index in [4.69, 9.17) is 4.74 Å². The molecule has 2 saturated heterocycles. The van der Waals surface area contributed by atoms with E-state index >= 15 is 0 Å². The van der Waals surface area contributed by atoms with Crippen molar-refractivity contribution >= 4 is 6.03 Å². The van der Waals surface area contributed by atoms with Gasteiger partial charge in [-0.15, -0.1) is 0 Å². The maximum absolute atomic E-state index is 12.3. The third-order valence-electron chi connectivity index (χ3n) is 5.12. The molecule has 5 nitrogen and oxygen atoms in total. The Hall–Kier alpha value is -0.810. The smallest absolute Gasteiger partial charge is 0.317 e. The summed E-state index contributed by atoms with van der Waals surface area (Å²) in [6.45, 7) is 7.52. The Kier molecular flexibility index (Phi) is 5.01. The van der Waals surface area contributed by atoms with Crippen LogP contribution < -0.4 is 5.32 Å². The molecule has 0 bridgehead atoms. The zero-order chi connectivity index (χ0) is 14.7. The lowest BCUT2D eigenvalue weighted by Gasteiger charge is -2.32. The number of hydrogen-bond donors (Lipinski definition) is 1. The van der Waals surface area contributed by atoms with E-state index in [1.807, 2.05) is 11.8 Å². The fourth-order valence-electron chi connectivity index (χ4n) is 3.94. The molecule has 1 aliphatic carbocycles. The number of morpholine rings is 1. The number of urea groups is 1. The van der Waals surface area contributed by atoms with Crippen molar-refractivity contribution in [2.75, 3.05) is 39.3 Å². The van der Waals surface area contributed by atoms with E-state index in [2.05, 4.69) is 10.2 Å². The van der Waals surface area contributed by atoms with Gasteiger partial charge in [0.15, 0.2) is 0 Å². The highest BCUT2D eigenvalue weighted by atomic mass is 16.5. The topological polar surface area (TPSA) is 44.8 Å². The van der Waals surface area contributed by atoms with Gasteiger partial charge in [0.1, 0.15) is 0 Å². The van der Waals surface area contributed by atoms with Crippen molar-refractivity contribution in [2.45, 2.75) is 51.2 Å². The molecule has 3 aliphatic rings. The number of carbonyl (C=O) groups is 1. The van der Waals surface area contributed by atoms with Crippen LogP contribution in [0.5, 0.6) is 0 Å². The van der Waals surface area contributed by atoms with Crippen LogP contribution in [0.4, 0.5) is 4.79 Å². The molecular formula is C16H29N3O2. The fourth-order valence-corrected chi connectivity index (χ4v) is 3.94. The Labute approximate surface area is 128 Å². The highest BCUT2D eigenvalue weighted by molar-refractivity contribution is 5.74. The van der Waals surface area contributed by atoms with Crippen molar-refractivity contribution in [3.8, 4) is 0 Å². The van der Waals surface area contributed by atoms with E-state index in [-0.39, 0.29) is 12.1 Å². The molecule has 0 aromatic heterocycles. The molecule has 120 valence electrons. The van der Waals surface area contributed by atoms with Crippen LogP contribution >= 0.6 is 0 Å². The Bertz CT molecular complexity index is 357. The molecule has 2 unspecified atom stereocenters. The summed E-state index contributed by atoms with van der Waals surface area (Å²) in [5, 5.41) is 3.21. The van der Waals surface area contributed by atoms with Crippen LogP contribution in [-0.2, 0) is 4.74 Å². The van der Waals surface area contributed by atoms with E-state index < -0.39 is 0 Å². The maximum atomic E-state index is 12.3. The molecule has 0 aromatic carbocycles. The summed E-state index contributed by atoms with van der Waals surface area (Å²) in [5.41, 5.74) is 0. The highest BCUT2D eigenvalue weighted by Crippen LogP contribution is 2.26. The normalized spacial score (nSPS) is 31.8. The van der Waals surface area contributed by atoms with Gasteiger partial charge in [-0.1, -0.05) is 12.8 Å². The van der Waals surface area contributed by atoms with Crippen molar-refractivity contribution in [3.63, 3.8) is 0 Å². The monoisotopic (exact) mass is 295 g/mol. The summed E-state index contributed by atoms with van der Waals surface area (Å²) < 4.78 is 5.49. The van der Waals surface area contributed by atoms with E-state index in [9.17, 15) is 4.79 Å². The van der Waals surface area contributed by atoms with Crippen LogP contribution in [0.25, 0.3) is 0 Å². The minimum atomic E-state index is 0.0952. The molecule has 5 heteroatoms. The second kappa shape index (κ2) is 6.97. The average molecular weight is 295 g/mol. The Morgan fingerprint density at radius 2 is 2.00 bits per heavy atom. The van der Waals surface area contributed by atoms with E-state index in [0.29, 0.717) is 25.7 Å². The van der Waals surface area contributed by atoms with Gasteiger partial charge >= 0.3 is 6.03 Å². The molecule has 1 N–H and O–H groups in total. The summed E-state index contributed by atoms with van der Waals surface area (Å²) >= 11 is 0. The van der Waals surface area contributed by atoms with Crippen LogP contribution in [0.15, 0.2) is 0 Å². The van der Waals surface area contributed by atoms with E-state index in [1.54, 1.807) is 0 Å². The molecule has 2 atom stereocenters. The second-order valence-electron chi connectivity index (χ2n) is 6.97. The highest BCUT2D eigenvalue weighted by Gasteiger charge is 2.29. The maximum Gasteiger partial charge on any atom is 0.317 e. The summed E-state index contributed by atoms with van der Waals surface area (Å²) in [5.74, 6) is 0.902. The molecular weight excluding hydrogens is 266 g/mol. The van der Waals surface area contributed by atoms with Crippen molar-refractivity contribution in [1.29, 1.82) is 0 Å². The van der Waals surface area contributed by atoms with Crippen LogP contribution in [0.1, 0.15) is 39.0 Å². The Morgan fingerprint density at radius 3 is 2.76 bits per heavy atom. The van der Waals surface area contributed by atoms with Gasteiger partial charge in [0.05, 0.1) is 12.7 Å². The Balaban J connectivity index is 1.40. The van der Waals surface area contributed by atoms with E-state index in [1.165, 1.54) is 32.2 Å². The predicted octanol–water partition coefficient (Wildman–Crippen LogP) is 1.68. The third kappa shape index (κ3) is 4.10. The van der Waals surface area contributed by atoms with Gasteiger partial charge in [-0.25, -0.2) is 4.79 Å². The molecule has 1 saturated carbocycles. The first-order chi connectivity index (χ1) is 10.2.